The molecular weight excluding hydrogens is 400 g/mol. The first kappa shape index (κ1) is 21.1. The molecule has 1 aliphatic heterocycles. The maximum Gasteiger partial charge on any atom is 0.309 e. The molecule has 1 spiro atoms. The van der Waals surface area contributed by atoms with Gasteiger partial charge in [-0.25, -0.2) is 0 Å². The van der Waals surface area contributed by atoms with Crippen molar-refractivity contribution in [2.24, 2.45) is 28.6 Å². The first-order valence-electron chi connectivity index (χ1n) is 11.5. The number of aliphatic hydroxyl groups is 1. The molecule has 8 atom stereocenters. The number of carboxylic acid groups (broad SMARTS) is 1. The fourth-order valence-corrected chi connectivity index (χ4v) is 8.22. The second kappa shape index (κ2) is 6.41. The molecule has 31 heavy (non-hydrogen) atoms. The van der Waals surface area contributed by atoms with E-state index in [0.717, 1.165) is 12.0 Å². The fraction of sp³-hybridized carbons (Fsp3) is 0.792. The maximum atomic E-state index is 13.0. The maximum absolute atomic E-state index is 13.0. The zero-order chi connectivity index (χ0) is 22.4. The van der Waals surface area contributed by atoms with Crippen molar-refractivity contribution in [2.75, 3.05) is 7.11 Å². The number of ketones is 1. The standard InChI is InChI=1S/C24H32O7/c1-21-7-4-14(25)10-13(21)11-15(20(28)30-3)19-16-5-8-23(29,9-6-18(26)27)22(16,2)12-17-24(19,21)31-17/h10,15-17,19,29H,4-9,11-12H2,1-3H3,(H,26,27)/t15-,16?,17+,19?,21+,22+,23-,24-/m1/s1. The first-order chi connectivity index (χ1) is 14.5. The van der Waals surface area contributed by atoms with Crippen LogP contribution >= 0.6 is 0 Å². The van der Waals surface area contributed by atoms with Gasteiger partial charge in [0.2, 0.25) is 0 Å². The number of methoxy groups -OCH3 is 1. The lowest BCUT2D eigenvalue weighted by molar-refractivity contribution is -0.163. The highest BCUT2D eigenvalue weighted by atomic mass is 16.6. The summed E-state index contributed by atoms with van der Waals surface area (Å²) < 4.78 is 11.7. The minimum atomic E-state index is -1.09. The van der Waals surface area contributed by atoms with Gasteiger partial charge in [-0.3, -0.25) is 14.4 Å². The molecule has 0 aromatic carbocycles. The molecular formula is C24H32O7. The first-order valence-corrected chi connectivity index (χ1v) is 11.5. The van der Waals surface area contributed by atoms with E-state index in [1.165, 1.54) is 7.11 Å². The third kappa shape index (κ3) is 2.50. The van der Waals surface area contributed by atoms with Crippen LogP contribution in [0.25, 0.3) is 0 Å². The highest BCUT2D eigenvalue weighted by molar-refractivity contribution is 5.92. The van der Waals surface area contributed by atoms with Gasteiger partial charge in [-0.1, -0.05) is 19.4 Å². The van der Waals surface area contributed by atoms with Gasteiger partial charge in [0.25, 0.3) is 0 Å². The average molecular weight is 433 g/mol. The predicted octanol–water partition coefficient (Wildman–Crippen LogP) is 2.64. The number of aliphatic carboxylic acids is 1. The summed E-state index contributed by atoms with van der Waals surface area (Å²) in [5.74, 6) is -1.60. The van der Waals surface area contributed by atoms with Crippen molar-refractivity contribution in [2.45, 2.75) is 82.5 Å². The molecule has 3 saturated carbocycles. The summed E-state index contributed by atoms with van der Waals surface area (Å²) in [5, 5.41) is 20.9. The number of hydrogen-bond acceptors (Lipinski definition) is 6. The third-order valence-electron chi connectivity index (χ3n) is 9.95. The van der Waals surface area contributed by atoms with Crippen LogP contribution in [0.1, 0.15) is 65.2 Å². The Kier molecular flexibility index (Phi) is 4.37. The van der Waals surface area contributed by atoms with E-state index in [0.29, 0.717) is 32.1 Å². The van der Waals surface area contributed by atoms with Gasteiger partial charge < -0.3 is 19.7 Å². The SMILES string of the molecule is COC(=O)[C@@H]1CC2=CC(=O)CC[C@]2(C)[C@@]23O[C@H]2C[C@@]2(C)C(CC[C@@]2(O)CCC(=O)O)C13. The summed E-state index contributed by atoms with van der Waals surface area (Å²) in [6.45, 7) is 4.24. The van der Waals surface area contributed by atoms with Gasteiger partial charge in [-0.05, 0) is 50.5 Å². The highest BCUT2D eigenvalue weighted by Gasteiger charge is 2.82. The summed E-state index contributed by atoms with van der Waals surface area (Å²) in [5.41, 5.74) is -1.43. The number of hydrogen-bond donors (Lipinski definition) is 2. The number of fused-ring (bicyclic) bond motifs is 3. The Hall–Kier alpha value is -1.73. The Morgan fingerprint density at radius 2 is 2.03 bits per heavy atom. The van der Waals surface area contributed by atoms with Crippen molar-refractivity contribution in [3.05, 3.63) is 11.6 Å². The van der Waals surface area contributed by atoms with Crippen molar-refractivity contribution >= 4 is 17.7 Å². The lowest BCUT2D eigenvalue weighted by Crippen LogP contribution is -2.63. The van der Waals surface area contributed by atoms with Crippen molar-refractivity contribution in [1.29, 1.82) is 0 Å². The van der Waals surface area contributed by atoms with E-state index in [2.05, 4.69) is 13.8 Å². The minimum Gasteiger partial charge on any atom is -0.481 e. The minimum absolute atomic E-state index is 0.0325. The summed E-state index contributed by atoms with van der Waals surface area (Å²) in [7, 11) is 1.40. The van der Waals surface area contributed by atoms with Gasteiger partial charge >= 0.3 is 11.9 Å². The van der Waals surface area contributed by atoms with E-state index in [4.69, 9.17) is 9.47 Å². The highest BCUT2D eigenvalue weighted by Crippen LogP contribution is 2.77. The smallest absolute Gasteiger partial charge is 0.309 e. The molecule has 4 fully saturated rings. The lowest BCUT2D eigenvalue weighted by atomic mass is 9.43. The molecule has 7 nitrogen and oxygen atoms in total. The van der Waals surface area contributed by atoms with Crippen LogP contribution in [0.2, 0.25) is 0 Å². The number of carboxylic acids is 1. The predicted molar refractivity (Wildman–Crippen MR) is 109 cm³/mol. The number of epoxide rings is 1. The van der Waals surface area contributed by atoms with Crippen LogP contribution in [0, 0.1) is 28.6 Å². The Labute approximate surface area is 182 Å². The summed E-state index contributed by atoms with van der Waals surface area (Å²) >= 11 is 0. The molecule has 1 heterocycles. The molecule has 1 saturated heterocycles. The zero-order valence-corrected chi connectivity index (χ0v) is 18.5. The molecule has 5 rings (SSSR count). The topological polar surface area (TPSA) is 113 Å². The number of carbonyl (C=O) groups is 3. The summed E-state index contributed by atoms with van der Waals surface area (Å²) in [6.07, 6.45) is 5.35. The molecule has 2 N–H and O–H groups in total. The second-order valence-electron chi connectivity index (χ2n) is 10.9. The van der Waals surface area contributed by atoms with Crippen LogP contribution in [-0.4, -0.2) is 52.4 Å². The van der Waals surface area contributed by atoms with Crippen molar-refractivity contribution in [1.82, 2.24) is 0 Å². The van der Waals surface area contributed by atoms with Crippen LogP contribution in [0.15, 0.2) is 11.6 Å². The Morgan fingerprint density at radius 3 is 2.71 bits per heavy atom. The van der Waals surface area contributed by atoms with Crippen molar-refractivity contribution in [3.63, 3.8) is 0 Å². The number of rotatable bonds is 4. The fourth-order valence-electron chi connectivity index (χ4n) is 8.22. The van der Waals surface area contributed by atoms with Crippen LogP contribution < -0.4 is 0 Å². The molecule has 170 valence electrons. The van der Waals surface area contributed by atoms with Gasteiger partial charge in [0.05, 0.1) is 24.7 Å². The normalized spacial score (nSPS) is 49.8. The van der Waals surface area contributed by atoms with Gasteiger partial charge in [0.1, 0.15) is 5.60 Å². The van der Waals surface area contributed by atoms with Crippen molar-refractivity contribution < 1.29 is 34.1 Å². The quantitative estimate of drug-likeness (QED) is 0.519. The molecule has 5 aliphatic rings. The zero-order valence-electron chi connectivity index (χ0n) is 18.5. The molecule has 0 aromatic heterocycles. The van der Waals surface area contributed by atoms with E-state index in [9.17, 15) is 24.6 Å². The van der Waals surface area contributed by atoms with Gasteiger partial charge in [0.15, 0.2) is 5.78 Å². The molecule has 0 aromatic rings. The van der Waals surface area contributed by atoms with E-state index < -0.39 is 28.5 Å². The summed E-state index contributed by atoms with van der Waals surface area (Å²) in [4.78, 5) is 36.4. The Morgan fingerprint density at radius 1 is 1.29 bits per heavy atom. The second-order valence-corrected chi connectivity index (χ2v) is 10.9. The molecule has 4 aliphatic carbocycles. The average Bonchev–Trinajstić information content (AvgIpc) is 3.38. The molecule has 0 radical (unpaired) electrons. The van der Waals surface area contributed by atoms with Gasteiger partial charge in [-0.2, -0.15) is 0 Å². The summed E-state index contributed by atoms with van der Waals surface area (Å²) in [6, 6.07) is 0. The molecule has 2 unspecified atom stereocenters. The molecule has 0 bridgehead atoms. The van der Waals surface area contributed by atoms with Gasteiger partial charge in [0, 0.05) is 29.6 Å². The van der Waals surface area contributed by atoms with E-state index in [1.807, 2.05) is 0 Å². The van der Waals surface area contributed by atoms with Crippen molar-refractivity contribution in [3.8, 4) is 0 Å². The lowest BCUT2D eigenvalue weighted by Gasteiger charge is -2.58. The molecule has 7 heteroatoms. The van der Waals surface area contributed by atoms with Crippen LogP contribution in [0.3, 0.4) is 0 Å². The van der Waals surface area contributed by atoms with Crippen LogP contribution in [0.5, 0.6) is 0 Å². The van der Waals surface area contributed by atoms with Crippen LogP contribution in [0.4, 0.5) is 0 Å². The number of ether oxygens (including phenoxy) is 2. The van der Waals surface area contributed by atoms with E-state index in [-0.39, 0.29) is 47.9 Å². The Bertz CT molecular complexity index is 894. The third-order valence-corrected chi connectivity index (χ3v) is 9.95. The molecule has 0 amide bonds. The van der Waals surface area contributed by atoms with E-state index >= 15 is 0 Å². The van der Waals surface area contributed by atoms with Gasteiger partial charge in [-0.15, -0.1) is 0 Å². The number of carbonyl (C=O) groups excluding carboxylic acids is 2. The largest absolute Gasteiger partial charge is 0.481 e. The number of esters is 1. The monoisotopic (exact) mass is 432 g/mol. The Balaban J connectivity index is 1.59. The van der Waals surface area contributed by atoms with E-state index in [1.54, 1.807) is 6.08 Å². The van der Waals surface area contributed by atoms with Crippen LogP contribution in [-0.2, 0) is 23.9 Å².